The molecule has 1 aliphatic carbocycles. The van der Waals surface area contributed by atoms with Gasteiger partial charge in [0, 0.05) is 12.1 Å². The van der Waals surface area contributed by atoms with Crippen LogP contribution >= 0.6 is 12.2 Å². The molecule has 0 spiro atoms. The highest BCUT2D eigenvalue weighted by Crippen LogP contribution is 2.22. The van der Waals surface area contributed by atoms with Crippen LogP contribution in [0.3, 0.4) is 0 Å². The van der Waals surface area contributed by atoms with E-state index in [4.69, 9.17) is 12.2 Å². The van der Waals surface area contributed by atoms with Gasteiger partial charge in [0.1, 0.15) is 5.82 Å². The Morgan fingerprint density at radius 3 is 2.58 bits per heavy atom. The molecule has 4 nitrogen and oxygen atoms in total. The van der Waals surface area contributed by atoms with E-state index in [0.717, 1.165) is 24.8 Å². The first kappa shape index (κ1) is 16.4. The van der Waals surface area contributed by atoms with Crippen molar-refractivity contribution in [2.75, 3.05) is 0 Å². The quantitative estimate of drug-likeness (QED) is 0.592. The molecular formula is C18H18FN3OS. The van der Waals surface area contributed by atoms with Crippen molar-refractivity contribution >= 4 is 23.2 Å². The van der Waals surface area contributed by atoms with Crippen molar-refractivity contribution in [3.8, 4) is 0 Å². The fourth-order valence-electron chi connectivity index (χ4n) is 2.73. The molecule has 0 saturated heterocycles. The van der Waals surface area contributed by atoms with Gasteiger partial charge in [-0.25, -0.2) is 4.39 Å². The SMILES string of the molecule is O=C(NNC(=S)NCc1ccc(F)cc1)c1ccc2c(c1)CCC2. The van der Waals surface area contributed by atoms with Gasteiger partial charge in [-0.1, -0.05) is 18.2 Å². The third kappa shape index (κ3) is 4.08. The van der Waals surface area contributed by atoms with Gasteiger partial charge in [0.25, 0.3) is 5.91 Å². The number of halogens is 1. The minimum absolute atomic E-state index is 0.226. The second kappa shape index (κ2) is 7.40. The van der Waals surface area contributed by atoms with Gasteiger partial charge >= 0.3 is 0 Å². The highest BCUT2D eigenvalue weighted by molar-refractivity contribution is 7.80. The van der Waals surface area contributed by atoms with E-state index in [-0.39, 0.29) is 11.7 Å². The number of hydrazine groups is 1. The Bertz CT molecular complexity index is 761. The number of aryl methyl sites for hydroxylation is 2. The Kier molecular flexibility index (Phi) is 5.05. The fraction of sp³-hybridized carbons (Fsp3) is 0.222. The van der Waals surface area contributed by atoms with Gasteiger partial charge in [0.2, 0.25) is 0 Å². The second-order valence-corrected chi connectivity index (χ2v) is 6.13. The fourth-order valence-corrected chi connectivity index (χ4v) is 2.85. The summed E-state index contributed by atoms with van der Waals surface area (Å²) < 4.78 is 12.8. The topological polar surface area (TPSA) is 53.2 Å². The van der Waals surface area contributed by atoms with E-state index < -0.39 is 0 Å². The van der Waals surface area contributed by atoms with Crippen LogP contribution in [0.15, 0.2) is 42.5 Å². The van der Waals surface area contributed by atoms with Gasteiger partial charge in [-0.15, -0.1) is 0 Å². The molecule has 2 aromatic rings. The van der Waals surface area contributed by atoms with Crippen molar-refractivity contribution in [1.82, 2.24) is 16.2 Å². The largest absolute Gasteiger partial charge is 0.357 e. The van der Waals surface area contributed by atoms with Crippen LogP contribution in [0.5, 0.6) is 0 Å². The summed E-state index contributed by atoms with van der Waals surface area (Å²) in [5.41, 5.74) is 9.35. The summed E-state index contributed by atoms with van der Waals surface area (Å²) in [6.07, 6.45) is 3.27. The molecule has 1 aliphatic rings. The van der Waals surface area contributed by atoms with Crippen LogP contribution in [0.1, 0.15) is 33.5 Å². The number of amides is 1. The normalized spacial score (nSPS) is 12.4. The summed E-state index contributed by atoms with van der Waals surface area (Å²) in [6, 6.07) is 11.9. The van der Waals surface area contributed by atoms with Crippen molar-refractivity contribution in [2.45, 2.75) is 25.8 Å². The molecule has 1 amide bonds. The van der Waals surface area contributed by atoms with Gasteiger partial charge in [-0.2, -0.15) is 0 Å². The number of nitrogens with one attached hydrogen (secondary N) is 3. The molecule has 0 radical (unpaired) electrons. The predicted octanol–water partition coefficient (Wildman–Crippen LogP) is 2.62. The molecule has 3 rings (SSSR count). The van der Waals surface area contributed by atoms with E-state index in [9.17, 15) is 9.18 Å². The summed E-state index contributed by atoms with van der Waals surface area (Å²) in [6.45, 7) is 0.445. The third-order valence-corrected chi connectivity index (χ3v) is 4.26. The molecule has 3 N–H and O–H groups in total. The van der Waals surface area contributed by atoms with Crippen molar-refractivity contribution < 1.29 is 9.18 Å². The average Bonchev–Trinajstić information content (AvgIpc) is 3.06. The smallest absolute Gasteiger partial charge is 0.269 e. The lowest BCUT2D eigenvalue weighted by molar-refractivity contribution is 0.0943. The molecule has 0 heterocycles. The first-order valence-electron chi connectivity index (χ1n) is 7.82. The molecular weight excluding hydrogens is 325 g/mol. The number of carbonyl (C=O) groups is 1. The number of fused-ring (bicyclic) bond motifs is 1. The van der Waals surface area contributed by atoms with Crippen LogP contribution in [0.2, 0.25) is 0 Å². The van der Waals surface area contributed by atoms with Crippen molar-refractivity contribution in [1.29, 1.82) is 0 Å². The molecule has 0 atom stereocenters. The lowest BCUT2D eigenvalue weighted by atomic mass is 10.1. The summed E-state index contributed by atoms with van der Waals surface area (Å²) >= 11 is 5.12. The number of carbonyl (C=O) groups excluding carboxylic acids is 1. The molecule has 2 aromatic carbocycles. The van der Waals surface area contributed by atoms with Gasteiger partial charge < -0.3 is 5.32 Å². The molecule has 0 fully saturated rings. The molecule has 24 heavy (non-hydrogen) atoms. The van der Waals surface area contributed by atoms with E-state index >= 15 is 0 Å². The zero-order chi connectivity index (χ0) is 16.9. The Morgan fingerprint density at radius 1 is 1.04 bits per heavy atom. The number of benzene rings is 2. The Morgan fingerprint density at radius 2 is 1.79 bits per heavy atom. The molecule has 0 aromatic heterocycles. The van der Waals surface area contributed by atoms with Gasteiger partial charge in [-0.05, 0) is 72.4 Å². The maximum absolute atomic E-state index is 12.8. The highest BCUT2D eigenvalue weighted by Gasteiger charge is 2.13. The standard InChI is InChI=1S/C18H18FN3OS/c19-16-8-4-12(5-9-16)11-20-18(24)22-21-17(23)15-7-6-13-2-1-3-14(13)10-15/h4-10H,1-3,11H2,(H,21,23)(H2,20,22,24). The van der Waals surface area contributed by atoms with Gasteiger partial charge in [0.05, 0.1) is 0 Å². The lowest BCUT2D eigenvalue weighted by Crippen LogP contribution is -2.46. The Balaban J connectivity index is 1.47. The first-order chi connectivity index (χ1) is 11.6. The zero-order valence-corrected chi connectivity index (χ0v) is 13.9. The summed E-state index contributed by atoms with van der Waals surface area (Å²) in [5.74, 6) is -0.503. The van der Waals surface area contributed by atoms with Crippen LogP contribution in [0.4, 0.5) is 4.39 Å². The van der Waals surface area contributed by atoms with Crippen molar-refractivity contribution in [2.24, 2.45) is 0 Å². The average molecular weight is 343 g/mol. The summed E-state index contributed by atoms with van der Waals surface area (Å²) in [4.78, 5) is 12.2. The van der Waals surface area contributed by atoms with Crippen LogP contribution < -0.4 is 16.2 Å². The third-order valence-electron chi connectivity index (χ3n) is 4.02. The monoisotopic (exact) mass is 343 g/mol. The number of hydrogen-bond donors (Lipinski definition) is 3. The van der Waals surface area contributed by atoms with E-state index in [0.29, 0.717) is 17.2 Å². The van der Waals surface area contributed by atoms with Crippen molar-refractivity contribution in [3.63, 3.8) is 0 Å². The first-order valence-corrected chi connectivity index (χ1v) is 8.23. The minimum atomic E-state index is -0.277. The maximum atomic E-state index is 12.8. The van der Waals surface area contributed by atoms with E-state index in [1.807, 2.05) is 18.2 Å². The molecule has 0 saturated carbocycles. The molecule has 6 heteroatoms. The molecule has 0 unspecified atom stereocenters. The number of rotatable bonds is 3. The highest BCUT2D eigenvalue weighted by atomic mass is 32.1. The number of hydrogen-bond acceptors (Lipinski definition) is 2. The van der Waals surface area contributed by atoms with E-state index in [1.165, 1.54) is 23.3 Å². The maximum Gasteiger partial charge on any atom is 0.269 e. The Labute approximate surface area is 145 Å². The van der Waals surface area contributed by atoms with Gasteiger partial charge in [-0.3, -0.25) is 15.6 Å². The number of thiocarbonyl (C=S) groups is 1. The second-order valence-electron chi connectivity index (χ2n) is 5.73. The zero-order valence-electron chi connectivity index (χ0n) is 13.1. The van der Waals surface area contributed by atoms with Gasteiger partial charge in [0.15, 0.2) is 5.11 Å². The molecule has 0 aliphatic heterocycles. The van der Waals surface area contributed by atoms with Crippen LogP contribution in [0, 0.1) is 5.82 Å². The van der Waals surface area contributed by atoms with Crippen LogP contribution in [-0.4, -0.2) is 11.0 Å². The lowest BCUT2D eigenvalue weighted by Gasteiger charge is -2.12. The Hall–Kier alpha value is -2.47. The summed E-state index contributed by atoms with van der Waals surface area (Å²) in [5, 5.41) is 3.25. The van der Waals surface area contributed by atoms with E-state index in [1.54, 1.807) is 12.1 Å². The van der Waals surface area contributed by atoms with Crippen LogP contribution in [0.25, 0.3) is 0 Å². The summed E-state index contributed by atoms with van der Waals surface area (Å²) in [7, 11) is 0. The van der Waals surface area contributed by atoms with E-state index in [2.05, 4.69) is 16.2 Å². The molecule has 124 valence electrons. The van der Waals surface area contributed by atoms with Crippen molar-refractivity contribution in [3.05, 3.63) is 70.5 Å². The predicted molar refractivity (Wildman–Crippen MR) is 94.9 cm³/mol. The van der Waals surface area contributed by atoms with Crippen LogP contribution in [-0.2, 0) is 19.4 Å². The minimum Gasteiger partial charge on any atom is -0.357 e. The molecule has 0 bridgehead atoms.